The van der Waals surface area contributed by atoms with Gasteiger partial charge in [0.2, 0.25) is 0 Å². The number of aliphatic hydroxyl groups excluding tert-OH is 2. The molecule has 0 aromatic heterocycles. The lowest BCUT2D eigenvalue weighted by atomic mass is 10.1. The van der Waals surface area contributed by atoms with Crippen LogP contribution in [-0.4, -0.2) is 29.9 Å². The average molecular weight is 195 g/mol. The molecule has 0 saturated carbocycles. The summed E-state index contributed by atoms with van der Waals surface area (Å²) in [6, 6.07) is 7.64. The fourth-order valence-corrected chi connectivity index (χ4v) is 1.51. The Morgan fingerprint density at radius 1 is 1.36 bits per heavy atom. The zero-order chi connectivity index (χ0) is 10.6. The maximum absolute atomic E-state index is 9.24. The third kappa shape index (κ3) is 2.72. The number of hydrogen-bond donors (Lipinski definition) is 2. The van der Waals surface area contributed by atoms with Gasteiger partial charge in [0, 0.05) is 24.8 Å². The topological polar surface area (TPSA) is 43.7 Å². The van der Waals surface area contributed by atoms with E-state index < -0.39 is 0 Å². The highest BCUT2D eigenvalue weighted by Crippen LogP contribution is 2.18. The van der Waals surface area contributed by atoms with E-state index in [9.17, 15) is 5.11 Å². The zero-order valence-corrected chi connectivity index (χ0v) is 8.64. The van der Waals surface area contributed by atoms with Gasteiger partial charge in [-0.3, -0.25) is 0 Å². The summed E-state index contributed by atoms with van der Waals surface area (Å²) in [4.78, 5) is 1.94. The Morgan fingerprint density at radius 3 is 2.57 bits per heavy atom. The molecule has 0 radical (unpaired) electrons. The summed E-state index contributed by atoms with van der Waals surface area (Å²) in [5.41, 5.74) is 1.85. The van der Waals surface area contributed by atoms with Gasteiger partial charge >= 0.3 is 0 Å². The molecule has 2 N–H and O–H groups in total. The fraction of sp³-hybridized carbons (Fsp3) is 0.455. The number of likely N-dealkylation sites (N-methyl/N-ethyl adjacent to an activating group) is 1. The monoisotopic (exact) mass is 195 g/mol. The van der Waals surface area contributed by atoms with Crippen LogP contribution >= 0.6 is 0 Å². The fourth-order valence-electron chi connectivity index (χ4n) is 1.51. The van der Waals surface area contributed by atoms with Gasteiger partial charge in [-0.15, -0.1) is 0 Å². The molecule has 0 aliphatic rings. The predicted octanol–water partition coefficient (Wildman–Crippen LogP) is 0.996. The third-order valence-corrected chi connectivity index (χ3v) is 2.11. The Kier molecular flexibility index (Phi) is 3.92. The highest BCUT2D eigenvalue weighted by atomic mass is 16.3. The molecule has 0 saturated heterocycles. The van der Waals surface area contributed by atoms with E-state index in [1.807, 2.05) is 36.2 Å². The van der Waals surface area contributed by atoms with Crippen LogP contribution in [0.1, 0.15) is 12.5 Å². The van der Waals surface area contributed by atoms with Gasteiger partial charge in [-0.1, -0.05) is 18.2 Å². The molecule has 0 fully saturated rings. The van der Waals surface area contributed by atoms with Crippen LogP contribution < -0.4 is 4.90 Å². The van der Waals surface area contributed by atoms with Crippen molar-refractivity contribution in [3.63, 3.8) is 0 Å². The molecule has 1 unspecified atom stereocenters. The van der Waals surface area contributed by atoms with Gasteiger partial charge in [-0.2, -0.15) is 0 Å². The molecule has 0 heterocycles. The van der Waals surface area contributed by atoms with Gasteiger partial charge in [0.25, 0.3) is 0 Å². The summed E-state index contributed by atoms with van der Waals surface area (Å²) in [6.45, 7) is 2.34. The average Bonchev–Trinajstić information content (AvgIpc) is 2.16. The van der Waals surface area contributed by atoms with Crippen molar-refractivity contribution in [2.24, 2.45) is 0 Å². The van der Waals surface area contributed by atoms with Crippen LogP contribution in [0.15, 0.2) is 24.3 Å². The van der Waals surface area contributed by atoms with Crippen molar-refractivity contribution < 1.29 is 10.2 Å². The van der Waals surface area contributed by atoms with Gasteiger partial charge in [0.1, 0.15) is 0 Å². The maximum atomic E-state index is 9.24. The highest BCUT2D eigenvalue weighted by molar-refractivity contribution is 5.52. The second-order valence-corrected chi connectivity index (χ2v) is 3.52. The number of benzene rings is 1. The number of anilines is 1. The predicted molar refractivity (Wildman–Crippen MR) is 57.3 cm³/mol. The molecule has 1 rings (SSSR count). The first kappa shape index (κ1) is 11.0. The number of aliphatic hydroxyl groups is 2. The van der Waals surface area contributed by atoms with Gasteiger partial charge in [-0.05, 0) is 13.0 Å². The van der Waals surface area contributed by atoms with E-state index in [0.717, 1.165) is 11.3 Å². The molecule has 1 aromatic carbocycles. The van der Waals surface area contributed by atoms with Crippen molar-refractivity contribution in [1.82, 2.24) is 0 Å². The summed E-state index contributed by atoms with van der Waals surface area (Å²) in [7, 11) is 1.90. The molecule has 1 aromatic rings. The Balaban J connectivity index is 2.82. The van der Waals surface area contributed by atoms with Crippen molar-refractivity contribution in [3.05, 3.63) is 29.8 Å². The van der Waals surface area contributed by atoms with E-state index in [1.165, 1.54) is 0 Å². The van der Waals surface area contributed by atoms with Crippen LogP contribution in [-0.2, 0) is 6.61 Å². The van der Waals surface area contributed by atoms with Crippen LogP contribution in [0.3, 0.4) is 0 Å². The van der Waals surface area contributed by atoms with Gasteiger partial charge in [0.15, 0.2) is 0 Å². The van der Waals surface area contributed by atoms with Crippen molar-refractivity contribution >= 4 is 5.69 Å². The van der Waals surface area contributed by atoms with E-state index in [-0.39, 0.29) is 12.7 Å². The second-order valence-electron chi connectivity index (χ2n) is 3.52. The number of nitrogens with zero attached hydrogens (tertiary/aromatic N) is 1. The SMILES string of the molecule is CC(O)CN(C)c1ccccc1CO. The lowest BCUT2D eigenvalue weighted by Gasteiger charge is -2.23. The van der Waals surface area contributed by atoms with Gasteiger partial charge in [-0.25, -0.2) is 0 Å². The molecule has 0 amide bonds. The number of rotatable bonds is 4. The molecule has 78 valence electrons. The smallest absolute Gasteiger partial charge is 0.0702 e. The third-order valence-electron chi connectivity index (χ3n) is 2.11. The van der Waals surface area contributed by atoms with Crippen LogP contribution in [0, 0.1) is 0 Å². The standard InChI is InChI=1S/C11H17NO2/c1-9(14)7-12(2)11-6-4-3-5-10(11)8-13/h3-6,9,13-14H,7-8H2,1-2H3. The molecule has 0 bridgehead atoms. The lowest BCUT2D eigenvalue weighted by Crippen LogP contribution is -2.27. The van der Waals surface area contributed by atoms with E-state index in [2.05, 4.69) is 0 Å². The molecule has 3 heteroatoms. The normalized spacial score (nSPS) is 12.6. The molecule has 0 aliphatic carbocycles. The second kappa shape index (κ2) is 4.98. The Labute approximate surface area is 84.6 Å². The first-order valence-electron chi connectivity index (χ1n) is 4.73. The Morgan fingerprint density at radius 2 is 2.00 bits per heavy atom. The van der Waals surface area contributed by atoms with Crippen LogP contribution in [0.4, 0.5) is 5.69 Å². The Hall–Kier alpha value is -1.06. The summed E-state index contributed by atoms with van der Waals surface area (Å²) in [5.74, 6) is 0. The summed E-state index contributed by atoms with van der Waals surface area (Å²) < 4.78 is 0. The van der Waals surface area contributed by atoms with Crippen molar-refractivity contribution in [3.8, 4) is 0 Å². The molecule has 1 atom stereocenters. The minimum Gasteiger partial charge on any atom is -0.392 e. The first-order chi connectivity index (χ1) is 6.65. The Bertz CT molecular complexity index is 286. The summed E-state index contributed by atoms with van der Waals surface area (Å²) in [5, 5.41) is 18.4. The number of para-hydroxylation sites is 1. The van der Waals surface area contributed by atoms with E-state index in [1.54, 1.807) is 6.92 Å². The molecule has 0 aliphatic heterocycles. The molecular formula is C11H17NO2. The lowest BCUT2D eigenvalue weighted by molar-refractivity contribution is 0.201. The quantitative estimate of drug-likeness (QED) is 0.753. The van der Waals surface area contributed by atoms with E-state index >= 15 is 0 Å². The highest BCUT2D eigenvalue weighted by Gasteiger charge is 2.07. The molecular weight excluding hydrogens is 178 g/mol. The van der Waals surface area contributed by atoms with Gasteiger partial charge < -0.3 is 15.1 Å². The van der Waals surface area contributed by atoms with Gasteiger partial charge in [0.05, 0.1) is 12.7 Å². The van der Waals surface area contributed by atoms with E-state index in [4.69, 9.17) is 5.11 Å². The summed E-state index contributed by atoms with van der Waals surface area (Å²) in [6.07, 6.45) is -0.369. The van der Waals surface area contributed by atoms with Crippen molar-refractivity contribution in [2.75, 3.05) is 18.5 Å². The molecule has 3 nitrogen and oxygen atoms in total. The minimum absolute atomic E-state index is 0.0281. The van der Waals surface area contributed by atoms with Crippen LogP contribution in [0.5, 0.6) is 0 Å². The largest absolute Gasteiger partial charge is 0.392 e. The minimum atomic E-state index is -0.369. The van der Waals surface area contributed by atoms with Crippen LogP contribution in [0.2, 0.25) is 0 Å². The summed E-state index contributed by atoms with van der Waals surface area (Å²) >= 11 is 0. The van der Waals surface area contributed by atoms with Crippen LogP contribution in [0.25, 0.3) is 0 Å². The molecule has 0 spiro atoms. The zero-order valence-electron chi connectivity index (χ0n) is 8.64. The maximum Gasteiger partial charge on any atom is 0.0702 e. The van der Waals surface area contributed by atoms with E-state index in [0.29, 0.717) is 6.54 Å². The van der Waals surface area contributed by atoms with Crippen molar-refractivity contribution in [1.29, 1.82) is 0 Å². The van der Waals surface area contributed by atoms with Crippen molar-refractivity contribution in [2.45, 2.75) is 19.6 Å². The first-order valence-corrected chi connectivity index (χ1v) is 4.73. The number of hydrogen-bond acceptors (Lipinski definition) is 3. The molecule has 14 heavy (non-hydrogen) atoms.